The predicted octanol–water partition coefficient (Wildman–Crippen LogP) is 3.34. The summed E-state index contributed by atoms with van der Waals surface area (Å²) in [6.45, 7) is 0.847. The first kappa shape index (κ1) is 18.8. The molecule has 0 aliphatic carbocycles. The lowest BCUT2D eigenvalue weighted by Crippen LogP contribution is -2.28. The van der Waals surface area contributed by atoms with Gasteiger partial charge in [0.2, 0.25) is 0 Å². The highest BCUT2D eigenvalue weighted by atomic mass is 35.5. The molecule has 0 saturated carbocycles. The summed E-state index contributed by atoms with van der Waals surface area (Å²) in [7, 11) is 0. The Bertz CT molecular complexity index is 1130. The van der Waals surface area contributed by atoms with Gasteiger partial charge in [-0.3, -0.25) is 14.2 Å². The molecular formula is C20H17Cl2N3O3. The van der Waals surface area contributed by atoms with Gasteiger partial charge in [0.15, 0.2) is 6.61 Å². The van der Waals surface area contributed by atoms with Crippen LogP contribution in [0.1, 0.15) is 17.8 Å². The zero-order valence-corrected chi connectivity index (χ0v) is 16.4. The first-order chi connectivity index (χ1) is 13.5. The van der Waals surface area contributed by atoms with Crippen LogP contribution in [0.5, 0.6) is 5.75 Å². The molecular weight excluding hydrogens is 401 g/mol. The third-order valence-electron chi connectivity index (χ3n) is 4.63. The molecule has 0 unspecified atom stereocenters. The number of ether oxygens (including phenoxy) is 1. The summed E-state index contributed by atoms with van der Waals surface area (Å²) in [5, 5.41) is 4.16. The van der Waals surface area contributed by atoms with E-state index in [2.05, 4.69) is 10.3 Å². The minimum absolute atomic E-state index is 0.0629. The lowest BCUT2D eigenvalue weighted by Gasteiger charge is -2.10. The predicted molar refractivity (Wildman–Crippen MR) is 108 cm³/mol. The Kier molecular flexibility index (Phi) is 5.24. The molecule has 0 spiro atoms. The van der Waals surface area contributed by atoms with Gasteiger partial charge in [0.05, 0.1) is 20.9 Å². The van der Waals surface area contributed by atoms with E-state index >= 15 is 0 Å². The molecule has 2 heterocycles. The zero-order valence-electron chi connectivity index (χ0n) is 14.9. The number of nitrogens with zero attached hydrogens (tertiary/aromatic N) is 2. The Hall–Kier alpha value is -2.57. The van der Waals surface area contributed by atoms with Crippen LogP contribution in [-0.4, -0.2) is 22.1 Å². The van der Waals surface area contributed by atoms with E-state index in [0.717, 1.165) is 24.2 Å². The highest BCUT2D eigenvalue weighted by Gasteiger charge is 2.16. The van der Waals surface area contributed by atoms with Crippen LogP contribution in [0.15, 0.2) is 41.2 Å². The van der Waals surface area contributed by atoms with Crippen LogP contribution >= 0.6 is 23.2 Å². The van der Waals surface area contributed by atoms with Crippen molar-refractivity contribution in [2.75, 3.05) is 6.61 Å². The number of amides is 1. The number of nitrogens with one attached hydrogen (secondary N) is 1. The second-order valence-electron chi connectivity index (χ2n) is 6.58. The second-order valence-corrected chi connectivity index (χ2v) is 7.40. The maximum Gasteiger partial charge on any atom is 0.261 e. The molecule has 0 radical (unpaired) electrons. The van der Waals surface area contributed by atoms with E-state index in [4.69, 9.17) is 27.9 Å². The molecule has 6 nitrogen and oxygen atoms in total. The first-order valence-corrected chi connectivity index (χ1v) is 9.64. The summed E-state index contributed by atoms with van der Waals surface area (Å²) in [6, 6.07) is 10.3. The van der Waals surface area contributed by atoms with Gasteiger partial charge >= 0.3 is 0 Å². The maximum absolute atomic E-state index is 12.6. The maximum atomic E-state index is 12.6. The molecule has 1 N–H and O–H groups in total. The van der Waals surface area contributed by atoms with Crippen molar-refractivity contribution in [3.05, 3.63) is 68.2 Å². The SMILES string of the molecule is O=C(COc1ccc2nc3n(c(=O)c2c1)CCC3)NCc1ccc(Cl)c(Cl)c1. The lowest BCUT2D eigenvalue weighted by atomic mass is 10.2. The Morgan fingerprint density at radius 3 is 2.86 bits per heavy atom. The minimum Gasteiger partial charge on any atom is -0.484 e. The van der Waals surface area contributed by atoms with Crippen molar-refractivity contribution in [2.24, 2.45) is 0 Å². The monoisotopic (exact) mass is 417 g/mol. The summed E-state index contributed by atoms with van der Waals surface area (Å²) < 4.78 is 7.25. The van der Waals surface area contributed by atoms with Gasteiger partial charge < -0.3 is 10.1 Å². The Morgan fingerprint density at radius 2 is 2.04 bits per heavy atom. The van der Waals surface area contributed by atoms with Crippen molar-refractivity contribution >= 4 is 40.0 Å². The zero-order chi connectivity index (χ0) is 19.7. The van der Waals surface area contributed by atoms with Crippen molar-refractivity contribution < 1.29 is 9.53 Å². The molecule has 0 fully saturated rings. The third kappa shape index (κ3) is 3.84. The second kappa shape index (κ2) is 7.81. The fraction of sp³-hybridized carbons (Fsp3) is 0.250. The molecule has 1 aliphatic rings. The van der Waals surface area contributed by atoms with E-state index in [-0.39, 0.29) is 18.1 Å². The molecule has 0 atom stereocenters. The highest BCUT2D eigenvalue weighted by molar-refractivity contribution is 6.42. The Balaban J connectivity index is 1.40. The summed E-state index contributed by atoms with van der Waals surface area (Å²) in [4.78, 5) is 29.2. The normalized spacial score (nSPS) is 12.8. The number of carbonyl (C=O) groups is 1. The summed E-state index contributed by atoms with van der Waals surface area (Å²) in [6.07, 6.45) is 1.75. The van der Waals surface area contributed by atoms with E-state index in [9.17, 15) is 9.59 Å². The van der Waals surface area contributed by atoms with Gasteiger partial charge in [0.1, 0.15) is 11.6 Å². The molecule has 1 aromatic heterocycles. The van der Waals surface area contributed by atoms with E-state index in [1.807, 2.05) is 0 Å². The average molecular weight is 418 g/mol. The molecule has 3 aromatic rings. The number of rotatable bonds is 5. The van der Waals surface area contributed by atoms with Crippen LogP contribution in [0, 0.1) is 0 Å². The van der Waals surface area contributed by atoms with Gasteiger partial charge in [0, 0.05) is 19.5 Å². The van der Waals surface area contributed by atoms with Crippen LogP contribution in [0.25, 0.3) is 10.9 Å². The lowest BCUT2D eigenvalue weighted by molar-refractivity contribution is -0.123. The van der Waals surface area contributed by atoms with Crippen molar-refractivity contribution in [3.8, 4) is 5.75 Å². The van der Waals surface area contributed by atoms with Crippen LogP contribution in [0.2, 0.25) is 10.0 Å². The molecule has 144 valence electrons. The van der Waals surface area contributed by atoms with E-state index in [0.29, 0.717) is 39.8 Å². The van der Waals surface area contributed by atoms with Crippen LogP contribution < -0.4 is 15.6 Å². The van der Waals surface area contributed by atoms with Crippen molar-refractivity contribution in [1.82, 2.24) is 14.9 Å². The number of aryl methyl sites for hydroxylation is 1. The van der Waals surface area contributed by atoms with Crippen LogP contribution in [0.3, 0.4) is 0 Å². The molecule has 4 rings (SSSR count). The van der Waals surface area contributed by atoms with E-state index in [1.54, 1.807) is 41.0 Å². The fourth-order valence-corrected chi connectivity index (χ4v) is 3.52. The highest BCUT2D eigenvalue weighted by Crippen LogP contribution is 2.22. The molecule has 0 bridgehead atoms. The van der Waals surface area contributed by atoms with Gasteiger partial charge in [-0.25, -0.2) is 4.98 Å². The molecule has 8 heteroatoms. The van der Waals surface area contributed by atoms with Gasteiger partial charge in [-0.05, 0) is 42.3 Å². The van der Waals surface area contributed by atoms with Gasteiger partial charge in [-0.15, -0.1) is 0 Å². The molecule has 1 aliphatic heterocycles. The van der Waals surface area contributed by atoms with E-state index in [1.165, 1.54) is 0 Å². The average Bonchev–Trinajstić information content (AvgIpc) is 3.16. The molecule has 2 aromatic carbocycles. The van der Waals surface area contributed by atoms with Crippen LogP contribution in [0.4, 0.5) is 0 Å². The number of benzene rings is 2. The van der Waals surface area contributed by atoms with Gasteiger partial charge in [-0.2, -0.15) is 0 Å². The van der Waals surface area contributed by atoms with Crippen molar-refractivity contribution in [2.45, 2.75) is 25.9 Å². The smallest absolute Gasteiger partial charge is 0.261 e. The minimum atomic E-state index is -0.282. The summed E-state index contributed by atoms with van der Waals surface area (Å²) >= 11 is 11.8. The first-order valence-electron chi connectivity index (χ1n) is 8.88. The molecule has 28 heavy (non-hydrogen) atoms. The Labute approximate surface area is 171 Å². The number of fused-ring (bicyclic) bond motifs is 2. The number of halogens is 2. The fourth-order valence-electron chi connectivity index (χ4n) is 3.20. The van der Waals surface area contributed by atoms with Crippen molar-refractivity contribution in [3.63, 3.8) is 0 Å². The topological polar surface area (TPSA) is 73.2 Å². The number of aromatic nitrogens is 2. The number of carbonyl (C=O) groups excluding carboxylic acids is 1. The van der Waals surface area contributed by atoms with Crippen LogP contribution in [-0.2, 0) is 24.3 Å². The largest absolute Gasteiger partial charge is 0.484 e. The Morgan fingerprint density at radius 1 is 1.18 bits per heavy atom. The molecule has 0 saturated heterocycles. The summed E-state index contributed by atoms with van der Waals surface area (Å²) in [5.41, 5.74) is 1.42. The number of hydrogen-bond donors (Lipinski definition) is 1. The number of hydrogen-bond acceptors (Lipinski definition) is 4. The summed E-state index contributed by atoms with van der Waals surface area (Å²) in [5.74, 6) is 0.998. The standard InChI is InChI=1S/C20H17Cl2N3O3/c21-15-5-3-12(8-16(15)22)10-23-19(26)11-28-13-4-6-17-14(9-13)20(27)25-7-1-2-18(25)24-17/h3-6,8-9H,1-2,7,10-11H2,(H,23,26). The van der Waals surface area contributed by atoms with Gasteiger partial charge in [-0.1, -0.05) is 29.3 Å². The van der Waals surface area contributed by atoms with Crippen molar-refractivity contribution in [1.29, 1.82) is 0 Å². The molecule has 1 amide bonds. The van der Waals surface area contributed by atoms with E-state index < -0.39 is 0 Å². The van der Waals surface area contributed by atoms with Gasteiger partial charge in [0.25, 0.3) is 11.5 Å². The third-order valence-corrected chi connectivity index (χ3v) is 5.37. The quantitative estimate of drug-likeness (QED) is 0.690.